The molecule has 0 spiro atoms. The van der Waals surface area contributed by atoms with Crippen molar-refractivity contribution in [2.45, 2.75) is 20.8 Å². The lowest BCUT2D eigenvalue weighted by molar-refractivity contribution is 0.131. The molecular formula is C8H16O4. The molecule has 0 aromatic heterocycles. The number of aliphatic hydroxyl groups is 1. The Morgan fingerprint density at radius 1 is 1.33 bits per heavy atom. The maximum atomic E-state index is 9.80. The zero-order valence-electron chi connectivity index (χ0n) is 7.79. The van der Waals surface area contributed by atoms with Crippen molar-refractivity contribution in [3.8, 4) is 0 Å². The largest absolute Gasteiger partial charge is 0.508 e. The monoisotopic (exact) mass is 176 g/mol. The van der Waals surface area contributed by atoms with Crippen molar-refractivity contribution in [2.75, 3.05) is 19.8 Å². The topological polar surface area (TPSA) is 55.8 Å². The van der Waals surface area contributed by atoms with Gasteiger partial charge in [0.05, 0.1) is 0 Å². The summed E-state index contributed by atoms with van der Waals surface area (Å²) >= 11 is 0. The molecule has 1 heterocycles. The Morgan fingerprint density at radius 2 is 1.67 bits per heavy atom. The molecule has 1 fully saturated rings. The minimum Gasteiger partial charge on any atom is -0.431 e. The van der Waals surface area contributed by atoms with Crippen molar-refractivity contribution >= 4 is 6.16 Å². The van der Waals surface area contributed by atoms with Gasteiger partial charge in [-0.05, 0) is 5.41 Å². The van der Waals surface area contributed by atoms with Crippen LogP contribution < -0.4 is 0 Å². The fourth-order valence-electron chi connectivity index (χ4n) is 0.292. The number of carbonyl (C=O) groups excluding carboxylic acids is 1. The summed E-state index contributed by atoms with van der Waals surface area (Å²) in [6.45, 7) is 7.08. The number of ether oxygens (including phenoxy) is 2. The number of hydrogen-bond donors (Lipinski definition) is 1. The zero-order valence-corrected chi connectivity index (χ0v) is 7.79. The molecule has 0 aliphatic carbocycles. The molecule has 12 heavy (non-hydrogen) atoms. The van der Waals surface area contributed by atoms with Crippen LogP contribution in [0, 0.1) is 5.41 Å². The van der Waals surface area contributed by atoms with E-state index in [0.29, 0.717) is 13.2 Å². The minimum atomic E-state index is -0.546. The van der Waals surface area contributed by atoms with E-state index in [1.54, 1.807) is 0 Å². The van der Waals surface area contributed by atoms with E-state index in [1.165, 1.54) is 0 Å². The van der Waals surface area contributed by atoms with Crippen molar-refractivity contribution in [1.29, 1.82) is 0 Å². The fourth-order valence-corrected chi connectivity index (χ4v) is 0.292. The summed E-state index contributed by atoms with van der Waals surface area (Å²) in [5.41, 5.74) is 0.0972. The highest BCUT2D eigenvalue weighted by Gasteiger charge is 2.09. The van der Waals surface area contributed by atoms with E-state index < -0.39 is 6.16 Å². The van der Waals surface area contributed by atoms with Crippen LogP contribution in [-0.2, 0) is 9.47 Å². The Labute approximate surface area is 72.5 Å². The average molecular weight is 176 g/mol. The van der Waals surface area contributed by atoms with Gasteiger partial charge in [0.25, 0.3) is 0 Å². The van der Waals surface area contributed by atoms with Crippen LogP contribution in [0.4, 0.5) is 4.79 Å². The molecule has 0 radical (unpaired) electrons. The summed E-state index contributed by atoms with van der Waals surface area (Å²) in [5.74, 6) is 0. The smallest absolute Gasteiger partial charge is 0.431 e. The van der Waals surface area contributed by atoms with Crippen LogP contribution in [0.15, 0.2) is 0 Å². The predicted octanol–water partition coefficient (Wildman–Crippen LogP) is 1.18. The molecule has 1 saturated heterocycles. The van der Waals surface area contributed by atoms with Gasteiger partial charge < -0.3 is 14.6 Å². The molecule has 0 aromatic carbocycles. The van der Waals surface area contributed by atoms with Gasteiger partial charge in [0.2, 0.25) is 0 Å². The second kappa shape index (κ2) is 4.98. The molecule has 1 N–H and O–H groups in total. The Balaban J connectivity index is 0.000000202. The van der Waals surface area contributed by atoms with Gasteiger partial charge in [-0.2, -0.15) is 0 Å². The number of hydrogen-bond acceptors (Lipinski definition) is 4. The molecule has 0 aromatic rings. The lowest BCUT2D eigenvalue weighted by Crippen LogP contribution is -2.09. The van der Waals surface area contributed by atoms with Crippen LogP contribution >= 0.6 is 0 Å². The molecule has 0 bridgehead atoms. The normalized spacial score (nSPS) is 15.8. The van der Waals surface area contributed by atoms with Crippen molar-refractivity contribution in [3.05, 3.63) is 0 Å². The van der Waals surface area contributed by atoms with Crippen LogP contribution in [0.1, 0.15) is 20.8 Å². The second-order valence-corrected chi connectivity index (χ2v) is 3.67. The van der Waals surface area contributed by atoms with Crippen LogP contribution in [0.25, 0.3) is 0 Å². The van der Waals surface area contributed by atoms with Crippen molar-refractivity contribution in [3.63, 3.8) is 0 Å². The molecule has 4 nitrogen and oxygen atoms in total. The van der Waals surface area contributed by atoms with Crippen molar-refractivity contribution in [1.82, 2.24) is 0 Å². The van der Waals surface area contributed by atoms with Gasteiger partial charge in [-0.25, -0.2) is 4.79 Å². The first-order valence-corrected chi connectivity index (χ1v) is 3.86. The Kier molecular flexibility index (Phi) is 4.66. The van der Waals surface area contributed by atoms with Gasteiger partial charge in [0.1, 0.15) is 13.2 Å². The first kappa shape index (κ1) is 11.2. The Bertz CT molecular complexity index is 128. The molecule has 0 unspecified atom stereocenters. The number of carbonyl (C=O) groups is 1. The van der Waals surface area contributed by atoms with E-state index >= 15 is 0 Å². The lowest BCUT2D eigenvalue weighted by Gasteiger charge is -2.11. The van der Waals surface area contributed by atoms with Crippen molar-refractivity contribution in [2.24, 2.45) is 5.41 Å². The van der Waals surface area contributed by atoms with E-state index in [-0.39, 0.29) is 12.0 Å². The van der Waals surface area contributed by atoms with Gasteiger partial charge in [-0.1, -0.05) is 20.8 Å². The maximum Gasteiger partial charge on any atom is 0.508 e. The van der Waals surface area contributed by atoms with E-state index in [2.05, 4.69) is 9.47 Å². The third-order valence-electron chi connectivity index (χ3n) is 0.998. The molecule has 0 saturated carbocycles. The van der Waals surface area contributed by atoms with Gasteiger partial charge >= 0.3 is 6.16 Å². The molecule has 1 aliphatic heterocycles. The van der Waals surface area contributed by atoms with Crippen LogP contribution in [0.5, 0.6) is 0 Å². The third kappa shape index (κ3) is 7.34. The minimum absolute atomic E-state index is 0.0972. The molecule has 0 amide bonds. The van der Waals surface area contributed by atoms with Gasteiger partial charge in [0.15, 0.2) is 0 Å². The first-order valence-electron chi connectivity index (χ1n) is 3.86. The highest BCUT2D eigenvalue weighted by Crippen LogP contribution is 2.09. The lowest BCUT2D eigenvalue weighted by atomic mass is 9.99. The number of rotatable bonds is 0. The summed E-state index contributed by atoms with van der Waals surface area (Å²) in [4.78, 5) is 9.80. The highest BCUT2D eigenvalue weighted by atomic mass is 16.8. The molecular weight excluding hydrogens is 160 g/mol. The molecule has 1 rings (SSSR count). The quantitative estimate of drug-likeness (QED) is 0.563. The van der Waals surface area contributed by atoms with E-state index in [0.717, 1.165) is 0 Å². The fraction of sp³-hybridized carbons (Fsp3) is 0.875. The zero-order chi connectivity index (χ0) is 9.61. The summed E-state index contributed by atoms with van der Waals surface area (Å²) in [6, 6.07) is 0. The van der Waals surface area contributed by atoms with Gasteiger partial charge in [-0.3, -0.25) is 0 Å². The van der Waals surface area contributed by atoms with Crippen molar-refractivity contribution < 1.29 is 19.4 Å². The standard InChI is InChI=1S/C5H12O.C3H4O3/c1-5(2,3)4-6;4-3-5-1-2-6-3/h6H,4H2,1-3H3;1-2H2. The van der Waals surface area contributed by atoms with E-state index in [9.17, 15) is 4.79 Å². The first-order chi connectivity index (χ1) is 5.45. The summed E-state index contributed by atoms with van der Waals surface area (Å²) in [5, 5.41) is 8.40. The van der Waals surface area contributed by atoms with Crippen LogP contribution in [0.2, 0.25) is 0 Å². The SMILES string of the molecule is CC(C)(C)CO.O=C1OCCO1. The van der Waals surface area contributed by atoms with Crippen LogP contribution in [-0.4, -0.2) is 31.1 Å². The van der Waals surface area contributed by atoms with E-state index in [1.807, 2.05) is 20.8 Å². The molecule has 0 atom stereocenters. The number of cyclic esters (lactones) is 2. The van der Waals surface area contributed by atoms with Gasteiger partial charge in [-0.15, -0.1) is 0 Å². The average Bonchev–Trinajstić information content (AvgIpc) is 2.39. The highest BCUT2D eigenvalue weighted by molar-refractivity contribution is 5.61. The molecule has 72 valence electrons. The summed E-state index contributed by atoms with van der Waals surface area (Å²) in [7, 11) is 0. The van der Waals surface area contributed by atoms with E-state index in [4.69, 9.17) is 5.11 Å². The number of aliphatic hydroxyl groups excluding tert-OH is 1. The summed E-state index contributed by atoms with van der Waals surface area (Å²) < 4.78 is 8.58. The Hall–Kier alpha value is -0.770. The summed E-state index contributed by atoms with van der Waals surface area (Å²) in [6.07, 6.45) is -0.546. The third-order valence-corrected chi connectivity index (χ3v) is 0.998. The predicted molar refractivity (Wildman–Crippen MR) is 43.8 cm³/mol. The second-order valence-electron chi connectivity index (χ2n) is 3.67. The van der Waals surface area contributed by atoms with Gasteiger partial charge in [0, 0.05) is 6.61 Å². The van der Waals surface area contributed by atoms with Crippen LogP contribution in [0.3, 0.4) is 0 Å². The maximum absolute atomic E-state index is 9.80. The molecule has 4 heteroatoms. The molecule has 1 aliphatic rings. The Morgan fingerprint density at radius 3 is 1.75 bits per heavy atom.